The van der Waals surface area contributed by atoms with Gasteiger partial charge in [-0.1, -0.05) is 276 Å². The van der Waals surface area contributed by atoms with Crippen molar-refractivity contribution < 1.29 is 91.3 Å². The smallest absolute Gasteiger partial charge is 0.512 e. The van der Waals surface area contributed by atoms with Gasteiger partial charge in [0.05, 0.1) is 28.0 Å². The van der Waals surface area contributed by atoms with E-state index in [1.54, 1.807) is 6.20 Å². The van der Waals surface area contributed by atoms with Crippen molar-refractivity contribution in [3.05, 3.63) is 517 Å². The molecule has 0 amide bonds. The van der Waals surface area contributed by atoms with E-state index in [-0.39, 0.29) is 109 Å². The SMILES string of the molecule is CC(=O)C=C(C)O.CC1(C)c2cc(N(c3[c-]c(-c4ccccn4)ccc3)c3[c-]c(-c4ccccn4)ccc3)cc3c2-n2c4c1cccc4c1cccc(c12)C3(C)C.CC1(C)c2ccccc2-c2c[c-]c(-c3ccc4ccccc4n3)cc21.Cc1ccc(-c2nc(-c3c[c-]c(-c4[c-]cccc4)cc3)nc(-c3ccc(C)cc3)n2)cc1.[Ir].[Ir].[Ir].[Pt+2].[c-]1ccccc1-c1cc2c(cn1)-c1ccccc1C2.[c-]1ccccc1-c1ccccn1. The van der Waals surface area contributed by atoms with E-state index in [0.29, 0.717) is 17.5 Å². The molecule has 22 aromatic rings. The number of fused-ring (bicyclic) bond motifs is 8. The molecule has 0 fully saturated rings. The zero-order valence-corrected chi connectivity index (χ0v) is 93.1. The van der Waals surface area contributed by atoms with E-state index in [2.05, 4.69) is 334 Å². The molecule has 149 heavy (non-hydrogen) atoms. The van der Waals surface area contributed by atoms with Gasteiger partial charge >= 0.3 is 21.1 Å². The van der Waals surface area contributed by atoms with Gasteiger partial charge in [-0.25, -0.2) is 26.1 Å². The molecule has 0 unspecified atom stereocenters. The van der Waals surface area contributed by atoms with E-state index in [9.17, 15) is 4.79 Å². The number of allylic oxidation sites excluding steroid dienone is 2. The summed E-state index contributed by atoms with van der Waals surface area (Å²) in [6.45, 7) is 21.1. The van der Waals surface area contributed by atoms with Crippen LogP contribution in [-0.2, 0) is 109 Å². The van der Waals surface area contributed by atoms with Gasteiger partial charge in [-0.15, -0.1) is 179 Å². The Balaban J connectivity index is 0.000000132. The molecule has 15 aromatic carbocycles. The van der Waals surface area contributed by atoms with Crippen LogP contribution < -0.4 is 4.90 Å². The number of aryl methyl sites for hydroxylation is 2. The van der Waals surface area contributed by atoms with Gasteiger partial charge in [0.25, 0.3) is 0 Å². The summed E-state index contributed by atoms with van der Waals surface area (Å²) in [4.78, 5) is 49.7. The van der Waals surface area contributed by atoms with Gasteiger partial charge in [-0.3, -0.25) is 9.78 Å². The first-order chi connectivity index (χ1) is 70.6. The second kappa shape index (κ2) is 45.6. The molecule has 0 saturated heterocycles. The Kier molecular flexibility index (Phi) is 32.2. The molecule has 0 bridgehead atoms. The van der Waals surface area contributed by atoms with Crippen molar-refractivity contribution in [2.75, 3.05) is 4.90 Å². The Morgan fingerprint density at radius 1 is 0.356 bits per heavy atom. The van der Waals surface area contributed by atoms with Gasteiger partial charge in [0.15, 0.2) is 17.4 Å². The summed E-state index contributed by atoms with van der Waals surface area (Å²) in [7, 11) is 0. The Bertz CT molecular complexity index is 8330. The molecule has 9 heterocycles. The van der Waals surface area contributed by atoms with Crippen LogP contribution in [0.4, 0.5) is 17.1 Å². The second-order valence-electron chi connectivity index (χ2n) is 38.3. The molecule has 2 aliphatic heterocycles. The maximum Gasteiger partial charge on any atom is 2.00 e. The quantitative estimate of drug-likeness (QED) is 0.0668. The predicted molar refractivity (Wildman–Crippen MR) is 588 cm³/mol. The number of aliphatic hydroxyl groups excluding tert-OH is 1. The summed E-state index contributed by atoms with van der Waals surface area (Å²) in [5.41, 5.74) is 40.5. The number of aromatic nitrogens is 9. The van der Waals surface area contributed by atoms with Crippen molar-refractivity contribution >= 4 is 55.6 Å². The van der Waals surface area contributed by atoms with Crippen LogP contribution in [0.1, 0.15) is 111 Å². The van der Waals surface area contributed by atoms with Gasteiger partial charge in [-0.2, -0.15) is 36.4 Å². The number of pyridine rings is 5. The first-order valence-corrected chi connectivity index (χ1v) is 48.8. The summed E-state index contributed by atoms with van der Waals surface area (Å²) >= 11 is 0. The van der Waals surface area contributed by atoms with Crippen LogP contribution in [0.2, 0.25) is 0 Å². The first kappa shape index (κ1) is 105. The van der Waals surface area contributed by atoms with Crippen molar-refractivity contribution in [3.8, 4) is 130 Å². The summed E-state index contributed by atoms with van der Waals surface area (Å²) in [5, 5.41) is 12.2. The number of nitrogens with zero attached hydrogens (tertiary/aromatic N) is 10. The van der Waals surface area contributed by atoms with E-state index < -0.39 is 0 Å². The number of carbonyl (C=O) groups is 1. The van der Waals surface area contributed by atoms with Crippen molar-refractivity contribution in [1.29, 1.82) is 0 Å². The van der Waals surface area contributed by atoms with Crippen LogP contribution in [0.5, 0.6) is 0 Å². The molecule has 2 aliphatic carbocycles. The maximum atomic E-state index is 10.0. The zero-order chi connectivity index (χ0) is 99.5. The maximum absolute atomic E-state index is 10.0. The minimum atomic E-state index is -0.248. The molecular weight excluding hydrogens is 2540 g/mol. The molecular formula is C133H101Ir3N10O2Pt-5. The predicted octanol–water partition coefficient (Wildman–Crippen LogP) is 31.7. The fraction of sp³-hybridized carbons (Fsp3) is 0.105. The average molecular weight is 2640 g/mol. The number of aliphatic hydroxyl groups is 1. The van der Waals surface area contributed by atoms with E-state index in [1.807, 2.05) is 195 Å². The van der Waals surface area contributed by atoms with Crippen LogP contribution in [0, 0.1) is 56.3 Å². The van der Waals surface area contributed by atoms with Crippen molar-refractivity contribution in [2.45, 2.75) is 91.9 Å². The Hall–Kier alpha value is -15.2. The van der Waals surface area contributed by atoms with Crippen molar-refractivity contribution in [3.63, 3.8) is 0 Å². The van der Waals surface area contributed by atoms with Gasteiger partial charge in [0.2, 0.25) is 0 Å². The molecule has 4 aliphatic rings. The van der Waals surface area contributed by atoms with Gasteiger partial charge in [0.1, 0.15) is 5.82 Å². The van der Waals surface area contributed by atoms with E-state index in [4.69, 9.17) is 25.0 Å². The number of benzene rings is 15. The topological polar surface area (TPSA) is 149 Å². The molecule has 16 heteroatoms. The van der Waals surface area contributed by atoms with Gasteiger partial charge in [-0.05, 0) is 166 Å². The van der Waals surface area contributed by atoms with Crippen LogP contribution in [-0.4, -0.2) is 55.3 Å². The Morgan fingerprint density at radius 2 is 0.812 bits per heavy atom. The third-order valence-electron chi connectivity index (χ3n) is 27.4. The number of hydrogen-bond donors (Lipinski definition) is 1. The number of rotatable bonds is 13. The minimum Gasteiger partial charge on any atom is -0.512 e. The molecule has 12 nitrogen and oxygen atoms in total. The molecule has 737 valence electrons. The molecule has 1 N–H and O–H groups in total. The Labute approximate surface area is 926 Å². The molecule has 26 rings (SSSR count). The summed E-state index contributed by atoms with van der Waals surface area (Å²) in [6, 6.07) is 155. The number of para-hydroxylation sites is 3. The number of carbonyl (C=O) groups excluding carboxylic acids is 1. The summed E-state index contributed by atoms with van der Waals surface area (Å²) in [6.07, 6.45) is 9.63. The minimum absolute atomic E-state index is 0. The van der Waals surface area contributed by atoms with E-state index >= 15 is 0 Å². The Morgan fingerprint density at radius 3 is 1.33 bits per heavy atom. The summed E-state index contributed by atoms with van der Waals surface area (Å²) < 4.78 is 2.58. The first-order valence-electron chi connectivity index (χ1n) is 48.8. The van der Waals surface area contributed by atoms with Crippen LogP contribution in [0.15, 0.2) is 419 Å². The van der Waals surface area contributed by atoms with Crippen molar-refractivity contribution in [2.24, 2.45) is 0 Å². The second-order valence-corrected chi connectivity index (χ2v) is 38.3. The number of anilines is 3. The van der Waals surface area contributed by atoms with Crippen molar-refractivity contribution in [1.82, 2.24) is 44.4 Å². The number of ketones is 1. The van der Waals surface area contributed by atoms with Crippen LogP contribution in [0.3, 0.4) is 0 Å². The molecule has 0 atom stereocenters. The summed E-state index contributed by atoms with van der Waals surface area (Å²) in [5.74, 6) is 1.88. The van der Waals surface area contributed by atoms with Gasteiger partial charge < -0.3 is 34.5 Å². The monoisotopic (exact) mass is 2640 g/mol. The van der Waals surface area contributed by atoms with Crippen LogP contribution in [0.25, 0.3) is 162 Å². The third-order valence-corrected chi connectivity index (χ3v) is 27.4. The fourth-order valence-electron chi connectivity index (χ4n) is 20.1. The molecule has 3 radical (unpaired) electrons. The third kappa shape index (κ3) is 21.8. The molecule has 0 saturated carbocycles. The number of hydrogen-bond acceptors (Lipinski definition) is 11. The average Bonchev–Trinajstić information content (AvgIpc) is 1.52. The van der Waals surface area contributed by atoms with Gasteiger partial charge in [0, 0.05) is 135 Å². The van der Waals surface area contributed by atoms with Crippen LogP contribution >= 0.6 is 0 Å². The zero-order valence-electron chi connectivity index (χ0n) is 83.6. The molecule has 0 spiro atoms. The molecule has 7 aromatic heterocycles. The normalized spacial score (nSPS) is 12.5. The fourth-order valence-corrected chi connectivity index (χ4v) is 20.1. The van der Waals surface area contributed by atoms with E-state index in [1.165, 1.54) is 131 Å². The largest absolute Gasteiger partial charge is 2.00 e. The standard InChI is InChI=1S/C46H34N4.C29H21N3.C24H18N.C18H12N.C11H8N.C5H8O2.3Ir.Pt/c1-45(2)36-19-11-17-34-35-18-12-20-37-43(35)50(42(34)36)44-38(45)27-33(28-39(44)46(37,3)4)49(31-15-9-13-29(25-31)40-21-5-7-23-47-40)32-16-10-14-30(26-32)41-22-6-8-24-48-41;1-20-8-12-24(13-9-20)27-30-28(25-14-10-21(2)11-15-25)32-29(31-27)26-18-16-23(17-19-26)22-6-4-3-5-7-22;1-24(2)20-9-5-4-8-18(20)19-13-11-17(15-21(19)24)23-14-12-16-7-3-6-10-22(16)25-23;1-2-6-13(7-3-1)18-11-15-10-14-8-4-5-9-16(14)17(15)12-19-18;1-2-6-10(7-3-1)11-8-4-5-9-12-11;1-4(6)3-5(2)7;;;;/h5-24,27-28H,1-4H3;3-6,8-16,18-19H,1-2H3;3-10,12-15H,1-2H3;1-6,8-9,11-12H,10H2;1-6,8-9H;3,6H,1-2H3;;;;/q2*-2;3*-1;;;;;+2. The van der Waals surface area contributed by atoms with E-state index in [0.717, 1.165) is 113 Å².